The number of pyridine rings is 1. The minimum Gasteiger partial charge on any atom is -0.379 e. The number of carbonyl (C=O) groups is 1. The first-order chi connectivity index (χ1) is 14.2. The molecule has 4 nitrogen and oxygen atoms in total. The van der Waals surface area contributed by atoms with E-state index in [1.807, 2.05) is 12.3 Å². The second-order valence-electron chi connectivity index (χ2n) is 10.3. The molecule has 0 spiro atoms. The Balaban J connectivity index is 1.19. The summed E-state index contributed by atoms with van der Waals surface area (Å²) in [6, 6.07) is 10.6. The number of aromatic nitrogens is 1. The summed E-state index contributed by atoms with van der Waals surface area (Å²) in [5, 5.41) is 4.69. The highest BCUT2D eigenvalue weighted by Gasteiger charge is 2.55. The lowest BCUT2D eigenvalue weighted by molar-refractivity contribution is -0.147. The van der Waals surface area contributed by atoms with Crippen LogP contribution in [0.3, 0.4) is 0 Å². The van der Waals surface area contributed by atoms with E-state index in [9.17, 15) is 4.79 Å². The number of para-hydroxylation sites is 1. The summed E-state index contributed by atoms with van der Waals surface area (Å²) in [6.45, 7) is 1.37. The molecule has 4 bridgehead atoms. The van der Waals surface area contributed by atoms with Crippen LogP contribution in [0.5, 0.6) is 0 Å². The van der Waals surface area contributed by atoms with Crippen molar-refractivity contribution in [3.05, 3.63) is 42.1 Å². The molecule has 152 valence electrons. The number of fused-ring (bicyclic) bond motifs is 1. The largest absolute Gasteiger partial charge is 0.379 e. The van der Waals surface area contributed by atoms with E-state index < -0.39 is 0 Å². The monoisotopic (exact) mass is 390 g/mol. The van der Waals surface area contributed by atoms with Crippen LogP contribution in [0.25, 0.3) is 10.9 Å². The van der Waals surface area contributed by atoms with Gasteiger partial charge in [-0.25, -0.2) is 0 Å². The molecule has 0 unspecified atom stereocenters. The third-order valence-corrected chi connectivity index (χ3v) is 8.26. The average Bonchev–Trinajstić information content (AvgIpc) is 3.14. The maximum absolute atomic E-state index is 13.5. The van der Waals surface area contributed by atoms with Crippen LogP contribution in [0.1, 0.15) is 44.1 Å². The standard InChI is InChI=1S/C25H30N2O2/c28-24(25-11-16-7-17(12-25)9-18(8-16)13-25)27-23-15-29-14-20(23)10-19-5-6-26-22-4-2-1-3-21(19)22/h1-6,16-18,20,23H,7-15H2,(H,27,28)/t16?,17?,18?,20-,23-,25?/m1/s1. The van der Waals surface area contributed by atoms with Gasteiger partial charge in [0.2, 0.25) is 5.91 Å². The van der Waals surface area contributed by atoms with Gasteiger partial charge in [-0.05, 0) is 80.4 Å². The molecule has 4 aliphatic carbocycles. The Morgan fingerprint density at radius 2 is 1.76 bits per heavy atom. The number of amides is 1. The van der Waals surface area contributed by atoms with Gasteiger partial charge in [-0.2, -0.15) is 0 Å². The van der Waals surface area contributed by atoms with Crippen LogP contribution in [0.2, 0.25) is 0 Å². The first-order valence-corrected chi connectivity index (χ1v) is 11.4. The summed E-state index contributed by atoms with van der Waals surface area (Å²) in [5.74, 6) is 3.05. The van der Waals surface area contributed by atoms with Crippen molar-refractivity contribution < 1.29 is 9.53 Å². The first-order valence-electron chi connectivity index (χ1n) is 11.4. The van der Waals surface area contributed by atoms with Crippen LogP contribution >= 0.6 is 0 Å². The number of hydrogen-bond donors (Lipinski definition) is 1. The molecule has 4 saturated carbocycles. The summed E-state index contributed by atoms with van der Waals surface area (Å²) >= 11 is 0. The van der Waals surface area contributed by atoms with E-state index >= 15 is 0 Å². The fraction of sp³-hybridized carbons (Fsp3) is 0.600. The van der Waals surface area contributed by atoms with Crippen molar-refractivity contribution in [2.75, 3.05) is 13.2 Å². The van der Waals surface area contributed by atoms with Crippen LogP contribution < -0.4 is 5.32 Å². The van der Waals surface area contributed by atoms with Gasteiger partial charge in [-0.15, -0.1) is 0 Å². The number of benzene rings is 1. The predicted octanol–water partition coefficient (Wildman–Crippen LogP) is 4.12. The minimum atomic E-state index is -0.0781. The first kappa shape index (κ1) is 17.9. The van der Waals surface area contributed by atoms with Crippen LogP contribution in [0.4, 0.5) is 0 Å². The fourth-order valence-electron chi connectivity index (χ4n) is 7.29. The van der Waals surface area contributed by atoms with E-state index in [4.69, 9.17) is 4.74 Å². The number of carbonyl (C=O) groups excluding carboxylic acids is 1. The second-order valence-corrected chi connectivity index (χ2v) is 10.3. The number of ether oxygens (including phenoxy) is 1. The highest BCUT2D eigenvalue weighted by molar-refractivity contribution is 5.84. The van der Waals surface area contributed by atoms with Crippen molar-refractivity contribution in [3.8, 4) is 0 Å². The fourth-order valence-corrected chi connectivity index (χ4v) is 7.29. The highest BCUT2D eigenvalue weighted by Crippen LogP contribution is 2.60. The van der Waals surface area contributed by atoms with Gasteiger partial charge in [0.25, 0.3) is 0 Å². The molecule has 7 rings (SSSR count). The second kappa shape index (κ2) is 6.80. The molecule has 29 heavy (non-hydrogen) atoms. The Labute approximate surface area is 172 Å². The number of nitrogens with zero attached hydrogens (tertiary/aromatic N) is 1. The van der Waals surface area contributed by atoms with Crippen molar-refractivity contribution >= 4 is 16.8 Å². The van der Waals surface area contributed by atoms with Crippen molar-refractivity contribution in [3.63, 3.8) is 0 Å². The summed E-state index contributed by atoms with van der Waals surface area (Å²) in [6.07, 6.45) is 10.3. The maximum Gasteiger partial charge on any atom is 0.226 e. The zero-order valence-electron chi connectivity index (χ0n) is 17.0. The number of nitrogens with one attached hydrogen (secondary N) is 1. The summed E-state index contributed by atoms with van der Waals surface area (Å²) in [5.41, 5.74) is 2.27. The Morgan fingerprint density at radius 1 is 1.03 bits per heavy atom. The van der Waals surface area contributed by atoms with Crippen molar-refractivity contribution in [2.24, 2.45) is 29.1 Å². The highest BCUT2D eigenvalue weighted by atomic mass is 16.5. The quantitative estimate of drug-likeness (QED) is 0.854. The van der Waals surface area contributed by atoms with E-state index in [2.05, 4.69) is 34.6 Å². The molecule has 4 heteroatoms. The van der Waals surface area contributed by atoms with Crippen LogP contribution in [0, 0.1) is 29.1 Å². The van der Waals surface area contributed by atoms with Gasteiger partial charge >= 0.3 is 0 Å². The number of hydrogen-bond acceptors (Lipinski definition) is 3. The van der Waals surface area contributed by atoms with E-state index in [1.165, 1.54) is 30.2 Å². The molecule has 0 radical (unpaired) electrons. The molecule has 1 saturated heterocycles. The van der Waals surface area contributed by atoms with Crippen LogP contribution in [-0.2, 0) is 16.0 Å². The van der Waals surface area contributed by atoms with Gasteiger partial charge in [-0.3, -0.25) is 9.78 Å². The Morgan fingerprint density at radius 3 is 2.52 bits per heavy atom. The molecular formula is C25H30N2O2. The van der Waals surface area contributed by atoms with Crippen LogP contribution in [-0.4, -0.2) is 30.1 Å². The topological polar surface area (TPSA) is 51.2 Å². The smallest absolute Gasteiger partial charge is 0.226 e. The molecule has 1 amide bonds. The lowest BCUT2D eigenvalue weighted by Gasteiger charge is -2.55. The maximum atomic E-state index is 13.5. The lowest BCUT2D eigenvalue weighted by atomic mass is 9.49. The third-order valence-electron chi connectivity index (χ3n) is 8.26. The normalized spacial score (nSPS) is 37.9. The van der Waals surface area contributed by atoms with E-state index in [-0.39, 0.29) is 11.5 Å². The molecular weight excluding hydrogens is 360 g/mol. The number of rotatable bonds is 4. The SMILES string of the molecule is O=C(N[C@@H]1COC[C@H]1Cc1ccnc2ccccc12)C12CC3CC(CC(C3)C1)C2. The van der Waals surface area contributed by atoms with Gasteiger partial charge < -0.3 is 10.1 Å². The summed E-state index contributed by atoms with van der Waals surface area (Å²) in [7, 11) is 0. The molecule has 2 heterocycles. The zero-order valence-corrected chi connectivity index (χ0v) is 17.0. The molecule has 1 N–H and O–H groups in total. The lowest BCUT2D eigenvalue weighted by Crippen LogP contribution is -2.56. The van der Waals surface area contributed by atoms with E-state index in [0.717, 1.165) is 55.6 Å². The van der Waals surface area contributed by atoms with Crippen molar-refractivity contribution in [1.29, 1.82) is 0 Å². The van der Waals surface area contributed by atoms with E-state index in [1.54, 1.807) is 0 Å². The van der Waals surface area contributed by atoms with Gasteiger partial charge in [0, 0.05) is 22.9 Å². The van der Waals surface area contributed by atoms with Crippen LogP contribution in [0.15, 0.2) is 36.5 Å². The molecule has 1 aliphatic heterocycles. The van der Waals surface area contributed by atoms with Gasteiger partial charge in [0.15, 0.2) is 0 Å². The van der Waals surface area contributed by atoms with Gasteiger partial charge in [0.1, 0.15) is 0 Å². The van der Waals surface area contributed by atoms with Gasteiger partial charge in [-0.1, -0.05) is 18.2 Å². The third kappa shape index (κ3) is 3.07. The molecule has 1 aromatic carbocycles. The Hall–Kier alpha value is -1.94. The molecule has 5 fully saturated rings. The van der Waals surface area contributed by atoms with Crippen molar-refractivity contribution in [1.82, 2.24) is 10.3 Å². The predicted molar refractivity (Wildman–Crippen MR) is 112 cm³/mol. The molecule has 2 atom stereocenters. The summed E-state index contributed by atoms with van der Waals surface area (Å²) < 4.78 is 5.84. The summed E-state index contributed by atoms with van der Waals surface area (Å²) in [4.78, 5) is 18.0. The zero-order chi connectivity index (χ0) is 19.4. The van der Waals surface area contributed by atoms with Crippen molar-refractivity contribution in [2.45, 2.75) is 51.0 Å². The molecule has 1 aromatic heterocycles. The average molecular weight is 391 g/mol. The minimum absolute atomic E-state index is 0.0781. The molecule has 5 aliphatic rings. The Kier molecular flexibility index (Phi) is 4.19. The Bertz CT molecular complexity index is 899. The molecule has 2 aromatic rings. The van der Waals surface area contributed by atoms with Gasteiger partial charge in [0.05, 0.1) is 24.8 Å². The van der Waals surface area contributed by atoms with E-state index in [0.29, 0.717) is 18.4 Å².